The molecule has 1 heterocycles. The summed E-state index contributed by atoms with van der Waals surface area (Å²) in [5.41, 5.74) is 5.45. The lowest BCUT2D eigenvalue weighted by atomic mass is 10.1. The quantitative estimate of drug-likeness (QED) is 0.747. The van der Waals surface area contributed by atoms with Crippen molar-refractivity contribution in [3.8, 4) is 0 Å². The SMILES string of the molecule is CCC1SCC(C(=O)O)N1C(=O)C(C)CN. The molecule has 6 heteroatoms. The van der Waals surface area contributed by atoms with E-state index < -0.39 is 12.0 Å². The van der Waals surface area contributed by atoms with Crippen molar-refractivity contribution < 1.29 is 14.7 Å². The Morgan fingerprint density at radius 2 is 2.25 bits per heavy atom. The molecule has 1 amide bonds. The van der Waals surface area contributed by atoms with Crippen LogP contribution in [0.25, 0.3) is 0 Å². The maximum absolute atomic E-state index is 12.0. The van der Waals surface area contributed by atoms with E-state index in [0.717, 1.165) is 6.42 Å². The van der Waals surface area contributed by atoms with Crippen LogP contribution in [0.1, 0.15) is 20.3 Å². The highest BCUT2D eigenvalue weighted by molar-refractivity contribution is 8.00. The third kappa shape index (κ3) is 2.49. The second-order valence-corrected chi connectivity index (χ2v) is 5.14. The number of thioether (sulfide) groups is 1. The molecule has 0 radical (unpaired) electrons. The van der Waals surface area contributed by atoms with Crippen molar-refractivity contribution in [3.63, 3.8) is 0 Å². The summed E-state index contributed by atoms with van der Waals surface area (Å²) >= 11 is 1.53. The first kappa shape index (κ1) is 13.3. The van der Waals surface area contributed by atoms with E-state index in [0.29, 0.717) is 5.75 Å². The van der Waals surface area contributed by atoms with E-state index in [-0.39, 0.29) is 23.7 Å². The number of carbonyl (C=O) groups is 2. The lowest BCUT2D eigenvalue weighted by Gasteiger charge is -2.28. The van der Waals surface area contributed by atoms with Crippen molar-refractivity contribution in [2.75, 3.05) is 12.3 Å². The number of rotatable bonds is 4. The Hall–Kier alpha value is -0.750. The van der Waals surface area contributed by atoms with Gasteiger partial charge in [-0.15, -0.1) is 11.8 Å². The number of carboxylic acid groups (broad SMARTS) is 1. The summed E-state index contributed by atoms with van der Waals surface area (Å²) in [6.07, 6.45) is 0.761. The average molecular weight is 246 g/mol. The molecule has 0 bridgehead atoms. The zero-order chi connectivity index (χ0) is 12.3. The molecule has 1 fully saturated rings. The highest BCUT2D eigenvalue weighted by Crippen LogP contribution is 2.32. The smallest absolute Gasteiger partial charge is 0.327 e. The zero-order valence-electron chi connectivity index (χ0n) is 9.55. The summed E-state index contributed by atoms with van der Waals surface area (Å²) in [6.45, 7) is 3.94. The molecule has 0 aromatic heterocycles. The molecule has 0 aromatic rings. The van der Waals surface area contributed by atoms with Crippen LogP contribution < -0.4 is 5.73 Å². The Labute approximate surface area is 99.4 Å². The molecule has 1 aliphatic rings. The van der Waals surface area contributed by atoms with Crippen LogP contribution in [0.15, 0.2) is 0 Å². The van der Waals surface area contributed by atoms with E-state index in [1.54, 1.807) is 6.92 Å². The third-order valence-electron chi connectivity index (χ3n) is 2.76. The normalized spacial score (nSPS) is 26.8. The molecule has 92 valence electrons. The fourth-order valence-corrected chi connectivity index (χ4v) is 3.07. The Bertz CT molecular complexity index is 285. The van der Waals surface area contributed by atoms with Crippen LogP contribution in [-0.2, 0) is 9.59 Å². The van der Waals surface area contributed by atoms with Gasteiger partial charge in [-0.05, 0) is 6.42 Å². The van der Waals surface area contributed by atoms with Crippen LogP contribution in [0, 0.1) is 5.92 Å². The number of amides is 1. The number of carboxylic acids is 1. The Morgan fingerprint density at radius 1 is 1.62 bits per heavy atom. The Kier molecular flexibility index (Phi) is 4.61. The molecular weight excluding hydrogens is 228 g/mol. The zero-order valence-corrected chi connectivity index (χ0v) is 10.4. The maximum atomic E-state index is 12.0. The predicted octanol–water partition coefficient (Wildman–Crippen LogP) is 0.346. The van der Waals surface area contributed by atoms with Crippen LogP contribution in [0.4, 0.5) is 0 Å². The van der Waals surface area contributed by atoms with Gasteiger partial charge in [0.25, 0.3) is 0 Å². The Morgan fingerprint density at radius 3 is 2.69 bits per heavy atom. The second-order valence-electron chi connectivity index (χ2n) is 3.93. The predicted molar refractivity (Wildman–Crippen MR) is 63.0 cm³/mol. The Balaban J connectivity index is 2.85. The molecule has 1 rings (SSSR count). The first-order chi connectivity index (χ1) is 7.52. The van der Waals surface area contributed by atoms with Gasteiger partial charge in [0.2, 0.25) is 5.91 Å². The summed E-state index contributed by atoms with van der Waals surface area (Å²) in [5, 5.41) is 9.04. The third-order valence-corrected chi connectivity index (χ3v) is 4.21. The topological polar surface area (TPSA) is 83.6 Å². The summed E-state index contributed by atoms with van der Waals surface area (Å²) < 4.78 is 0. The molecule has 5 nitrogen and oxygen atoms in total. The van der Waals surface area contributed by atoms with Crippen molar-refractivity contribution in [2.24, 2.45) is 11.7 Å². The van der Waals surface area contributed by atoms with E-state index >= 15 is 0 Å². The van der Waals surface area contributed by atoms with Crippen molar-refractivity contribution in [2.45, 2.75) is 31.7 Å². The van der Waals surface area contributed by atoms with Crippen molar-refractivity contribution in [3.05, 3.63) is 0 Å². The molecule has 0 saturated carbocycles. The number of hydrogen-bond donors (Lipinski definition) is 2. The molecule has 1 saturated heterocycles. The number of carbonyl (C=O) groups excluding carboxylic acids is 1. The van der Waals surface area contributed by atoms with Gasteiger partial charge in [0.15, 0.2) is 0 Å². The second kappa shape index (κ2) is 5.54. The standard InChI is InChI=1S/C10H18N2O3S/c1-3-8-12(9(13)6(2)4-11)7(5-16-8)10(14)15/h6-8H,3-5,11H2,1-2H3,(H,14,15). The van der Waals surface area contributed by atoms with E-state index in [1.165, 1.54) is 16.7 Å². The van der Waals surface area contributed by atoms with Gasteiger partial charge in [0, 0.05) is 18.2 Å². The van der Waals surface area contributed by atoms with Crippen LogP contribution in [-0.4, -0.2) is 45.6 Å². The van der Waals surface area contributed by atoms with E-state index in [2.05, 4.69) is 0 Å². The van der Waals surface area contributed by atoms with Crippen LogP contribution in [0.3, 0.4) is 0 Å². The van der Waals surface area contributed by atoms with E-state index in [1.807, 2.05) is 6.92 Å². The maximum Gasteiger partial charge on any atom is 0.327 e. The fourth-order valence-electron chi connectivity index (χ4n) is 1.72. The number of nitrogens with zero attached hydrogens (tertiary/aromatic N) is 1. The van der Waals surface area contributed by atoms with Crippen LogP contribution in [0.5, 0.6) is 0 Å². The summed E-state index contributed by atoms with van der Waals surface area (Å²) in [5.74, 6) is -0.918. The monoisotopic (exact) mass is 246 g/mol. The summed E-state index contributed by atoms with van der Waals surface area (Å²) in [7, 11) is 0. The van der Waals surface area contributed by atoms with Gasteiger partial charge >= 0.3 is 5.97 Å². The first-order valence-electron chi connectivity index (χ1n) is 5.39. The molecule has 0 spiro atoms. The van der Waals surface area contributed by atoms with Gasteiger partial charge in [-0.25, -0.2) is 4.79 Å². The molecule has 0 aliphatic carbocycles. The minimum Gasteiger partial charge on any atom is -0.480 e. The lowest BCUT2D eigenvalue weighted by Crippen LogP contribution is -2.48. The molecule has 3 atom stereocenters. The van der Waals surface area contributed by atoms with Gasteiger partial charge in [-0.2, -0.15) is 0 Å². The van der Waals surface area contributed by atoms with Gasteiger partial charge in [0.1, 0.15) is 6.04 Å². The summed E-state index contributed by atoms with van der Waals surface area (Å²) in [6, 6.07) is -0.698. The fraction of sp³-hybridized carbons (Fsp3) is 0.800. The summed E-state index contributed by atoms with van der Waals surface area (Å²) in [4.78, 5) is 24.6. The number of aliphatic carboxylic acids is 1. The highest BCUT2D eigenvalue weighted by atomic mass is 32.2. The largest absolute Gasteiger partial charge is 0.480 e. The highest BCUT2D eigenvalue weighted by Gasteiger charge is 2.41. The van der Waals surface area contributed by atoms with Crippen LogP contribution >= 0.6 is 11.8 Å². The minimum atomic E-state index is -0.930. The van der Waals surface area contributed by atoms with Gasteiger partial charge in [0.05, 0.1) is 5.37 Å². The average Bonchev–Trinajstić information content (AvgIpc) is 2.70. The van der Waals surface area contributed by atoms with Gasteiger partial charge in [-0.1, -0.05) is 13.8 Å². The van der Waals surface area contributed by atoms with Gasteiger partial charge in [-0.3, -0.25) is 4.79 Å². The molecule has 3 unspecified atom stereocenters. The van der Waals surface area contributed by atoms with Crippen molar-refractivity contribution in [1.29, 1.82) is 0 Å². The number of hydrogen-bond acceptors (Lipinski definition) is 4. The first-order valence-corrected chi connectivity index (χ1v) is 6.44. The van der Waals surface area contributed by atoms with Crippen molar-refractivity contribution in [1.82, 2.24) is 4.90 Å². The van der Waals surface area contributed by atoms with E-state index in [4.69, 9.17) is 10.8 Å². The molecule has 1 aliphatic heterocycles. The number of nitrogens with two attached hydrogens (primary N) is 1. The minimum absolute atomic E-state index is 0.0254. The van der Waals surface area contributed by atoms with Crippen LogP contribution in [0.2, 0.25) is 0 Å². The molecule has 3 N–H and O–H groups in total. The molecule has 16 heavy (non-hydrogen) atoms. The van der Waals surface area contributed by atoms with Gasteiger partial charge < -0.3 is 15.7 Å². The molecular formula is C10H18N2O3S. The van der Waals surface area contributed by atoms with E-state index in [9.17, 15) is 9.59 Å². The molecule has 0 aromatic carbocycles. The van der Waals surface area contributed by atoms with Crippen molar-refractivity contribution >= 4 is 23.6 Å². The lowest BCUT2D eigenvalue weighted by molar-refractivity contribution is -0.150.